The van der Waals surface area contributed by atoms with Crippen LogP contribution in [-0.2, 0) is 24.8 Å². The predicted molar refractivity (Wildman–Crippen MR) is 186 cm³/mol. The van der Waals surface area contributed by atoms with Crippen molar-refractivity contribution in [1.82, 2.24) is 9.03 Å². The molecule has 1 N–H and O–H groups in total. The molecule has 0 saturated carbocycles. The van der Waals surface area contributed by atoms with Crippen LogP contribution in [0.5, 0.6) is 11.5 Å². The van der Waals surface area contributed by atoms with Crippen LogP contribution in [0.2, 0.25) is 0 Å². The average molecular weight is 691 g/mol. The van der Waals surface area contributed by atoms with E-state index in [9.17, 15) is 21.6 Å². The molecular formula is C37H42N2O7S2. The highest BCUT2D eigenvalue weighted by atomic mass is 32.2. The fraction of sp³-hybridized carbons (Fsp3) is 0.324. The molecule has 5 rings (SSSR count). The average Bonchev–Trinajstić information content (AvgIpc) is 3.08. The summed E-state index contributed by atoms with van der Waals surface area (Å²) in [5, 5.41) is 0. The van der Waals surface area contributed by atoms with Gasteiger partial charge >= 0.3 is 0 Å². The molecule has 1 saturated heterocycles. The van der Waals surface area contributed by atoms with E-state index in [1.54, 1.807) is 54.6 Å². The Balaban J connectivity index is 1.37. The lowest BCUT2D eigenvalue weighted by Gasteiger charge is -2.37. The quantitative estimate of drug-likeness (QED) is 0.178. The van der Waals surface area contributed by atoms with Crippen molar-refractivity contribution in [2.24, 2.45) is 5.92 Å². The zero-order valence-corrected chi connectivity index (χ0v) is 29.3. The van der Waals surface area contributed by atoms with Crippen molar-refractivity contribution in [1.29, 1.82) is 0 Å². The lowest BCUT2D eigenvalue weighted by Crippen LogP contribution is -2.53. The van der Waals surface area contributed by atoms with Crippen LogP contribution in [-0.4, -0.2) is 52.8 Å². The van der Waals surface area contributed by atoms with Crippen LogP contribution < -0.4 is 14.2 Å². The third-order valence-corrected chi connectivity index (χ3v) is 11.9. The number of carbonyl (C=O) groups is 1. The van der Waals surface area contributed by atoms with Crippen molar-refractivity contribution >= 4 is 26.0 Å². The lowest BCUT2D eigenvalue weighted by molar-refractivity contribution is -0.135. The number of ether oxygens (including phenoxy) is 2. The van der Waals surface area contributed by atoms with E-state index < -0.39 is 31.6 Å². The summed E-state index contributed by atoms with van der Waals surface area (Å²) in [6.45, 7) is 6.28. The van der Waals surface area contributed by atoms with Gasteiger partial charge in [-0.1, -0.05) is 74.5 Å². The summed E-state index contributed by atoms with van der Waals surface area (Å²) < 4.78 is 69.5. The van der Waals surface area contributed by atoms with Crippen molar-refractivity contribution in [3.8, 4) is 22.6 Å². The number of hydrogen-bond acceptors (Lipinski definition) is 7. The molecule has 0 spiro atoms. The first-order chi connectivity index (χ1) is 22.8. The molecule has 1 aliphatic rings. The molecule has 0 aliphatic carbocycles. The molecule has 48 heavy (non-hydrogen) atoms. The maximum atomic E-state index is 14.0. The monoisotopic (exact) mass is 690 g/mol. The zero-order valence-electron chi connectivity index (χ0n) is 27.6. The summed E-state index contributed by atoms with van der Waals surface area (Å²) in [4.78, 5) is 13.9. The van der Waals surface area contributed by atoms with Gasteiger partial charge in [-0.15, -0.1) is 0 Å². The van der Waals surface area contributed by atoms with Crippen LogP contribution >= 0.6 is 0 Å². The summed E-state index contributed by atoms with van der Waals surface area (Å²) in [6, 6.07) is 29.6. The fourth-order valence-electron chi connectivity index (χ4n) is 5.99. The number of nitrogens with zero attached hydrogens (tertiary/aromatic N) is 1. The van der Waals surface area contributed by atoms with E-state index in [1.807, 2.05) is 18.2 Å². The third-order valence-electron chi connectivity index (χ3n) is 8.69. The molecule has 0 radical (unpaired) electrons. The normalized spacial score (nSPS) is 17.0. The SMILES string of the molecule is COc1cccc(S(=O)(=O)NC(=O)C(C)(CC2CCCN(S(=O)(=O)c3cccc(-c4ccc(C(C)C)cc4)c3)C2)Oc2ccccc2)c1. The topological polar surface area (TPSA) is 119 Å². The largest absolute Gasteiger partial charge is 0.497 e. The smallest absolute Gasteiger partial charge is 0.277 e. The molecule has 11 heteroatoms. The van der Waals surface area contributed by atoms with Crippen LogP contribution in [0.3, 0.4) is 0 Å². The number of benzene rings is 4. The number of hydrogen-bond donors (Lipinski definition) is 1. The van der Waals surface area contributed by atoms with Gasteiger partial charge in [-0.25, -0.2) is 21.6 Å². The van der Waals surface area contributed by atoms with Gasteiger partial charge in [0.1, 0.15) is 11.5 Å². The number of carbonyl (C=O) groups excluding carboxylic acids is 1. The van der Waals surface area contributed by atoms with E-state index in [4.69, 9.17) is 9.47 Å². The van der Waals surface area contributed by atoms with Crippen LogP contribution in [0.25, 0.3) is 11.1 Å². The summed E-state index contributed by atoms with van der Waals surface area (Å²) in [5.74, 6) is -0.0510. The van der Waals surface area contributed by atoms with Crippen molar-refractivity contribution in [2.45, 2.75) is 61.3 Å². The number of amides is 1. The molecule has 9 nitrogen and oxygen atoms in total. The van der Waals surface area contributed by atoms with Gasteiger partial charge < -0.3 is 9.47 Å². The van der Waals surface area contributed by atoms with Crippen LogP contribution in [0.1, 0.15) is 51.5 Å². The molecule has 0 bridgehead atoms. The molecule has 0 aromatic heterocycles. The van der Waals surface area contributed by atoms with E-state index in [-0.39, 0.29) is 28.7 Å². The second-order valence-electron chi connectivity index (χ2n) is 12.6. The van der Waals surface area contributed by atoms with Gasteiger partial charge in [0.05, 0.1) is 16.9 Å². The minimum Gasteiger partial charge on any atom is -0.497 e. The van der Waals surface area contributed by atoms with E-state index in [1.165, 1.54) is 42.1 Å². The number of para-hydroxylation sites is 1. The Morgan fingerprint density at radius 3 is 2.21 bits per heavy atom. The van der Waals surface area contributed by atoms with Gasteiger partial charge in [0, 0.05) is 25.6 Å². The van der Waals surface area contributed by atoms with Crippen molar-refractivity contribution in [3.05, 3.63) is 109 Å². The Kier molecular flexibility index (Phi) is 10.6. The number of methoxy groups -OCH3 is 1. The van der Waals surface area contributed by atoms with Gasteiger partial charge in [0.15, 0.2) is 5.60 Å². The molecule has 2 atom stereocenters. The number of piperidine rings is 1. The van der Waals surface area contributed by atoms with Gasteiger partial charge in [-0.2, -0.15) is 4.31 Å². The summed E-state index contributed by atoms with van der Waals surface area (Å²) in [5.41, 5.74) is 1.29. The fourth-order valence-corrected chi connectivity index (χ4v) is 8.70. The highest BCUT2D eigenvalue weighted by Gasteiger charge is 2.42. The molecular weight excluding hydrogens is 649 g/mol. The van der Waals surface area contributed by atoms with Gasteiger partial charge in [-0.3, -0.25) is 4.79 Å². The molecule has 4 aromatic rings. The highest BCUT2D eigenvalue weighted by molar-refractivity contribution is 7.90. The minimum absolute atomic E-state index is 0.0790. The molecule has 4 aromatic carbocycles. The maximum absolute atomic E-state index is 14.0. The lowest BCUT2D eigenvalue weighted by atomic mass is 9.86. The Labute approximate surface area is 284 Å². The molecule has 254 valence electrons. The van der Waals surface area contributed by atoms with Gasteiger partial charge in [0.25, 0.3) is 15.9 Å². The molecule has 2 unspecified atom stereocenters. The van der Waals surface area contributed by atoms with Crippen molar-refractivity contribution < 1.29 is 31.1 Å². The summed E-state index contributed by atoms with van der Waals surface area (Å²) in [7, 11) is -6.73. The second-order valence-corrected chi connectivity index (χ2v) is 16.3. The van der Waals surface area contributed by atoms with Crippen LogP contribution in [0.15, 0.2) is 113 Å². The molecule has 1 heterocycles. The Morgan fingerprint density at radius 1 is 0.854 bits per heavy atom. The molecule has 1 fully saturated rings. The Bertz CT molecular complexity index is 1950. The number of sulfonamides is 2. The zero-order chi connectivity index (χ0) is 34.5. The van der Waals surface area contributed by atoms with E-state index in [0.717, 1.165) is 11.1 Å². The first-order valence-corrected chi connectivity index (χ1v) is 18.9. The molecule has 1 amide bonds. The van der Waals surface area contributed by atoms with Crippen molar-refractivity contribution in [3.63, 3.8) is 0 Å². The summed E-state index contributed by atoms with van der Waals surface area (Å²) >= 11 is 0. The highest BCUT2D eigenvalue weighted by Crippen LogP contribution is 2.33. The maximum Gasteiger partial charge on any atom is 0.277 e. The predicted octanol–water partition coefficient (Wildman–Crippen LogP) is 6.62. The number of rotatable bonds is 12. The Hall–Kier alpha value is -4.19. The van der Waals surface area contributed by atoms with E-state index >= 15 is 0 Å². The van der Waals surface area contributed by atoms with Crippen LogP contribution in [0.4, 0.5) is 0 Å². The number of nitrogens with one attached hydrogen (secondary N) is 1. The van der Waals surface area contributed by atoms with E-state index in [2.05, 4.69) is 30.7 Å². The summed E-state index contributed by atoms with van der Waals surface area (Å²) in [6.07, 6.45) is 1.29. The van der Waals surface area contributed by atoms with Gasteiger partial charge in [0.2, 0.25) is 10.0 Å². The molecule has 1 aliphatic heterocycles. The third kappa shape index (κ3) is 8.08. The second kappa shape index (κ2) is 14.5. The minimum atomic E-state index is -4.28. The van der Waals surface area contributed by atoms with E-state index in [0.29, 0.717) is 36.8 Å². The first kappa shape index (κ1) is 35.1. The van der Waals surface area contributed by atoms with Crippen molar-refractivity contribution in [2.75, 3.05) is 20.2 Å². The first-order valence-electron chi connectivity index (χ1n) is 16.0. The van der Waals surface area contributed by atoms with Crippen LogP contribution in [0, 0.1) is 5.92 Å². The Morgan fingerprint density at radius 2 is 1.52 bits per heavy atom. The standard InChI is InChI=1S/C37H42N2O7S2/c1-27(2)29-18-20-30(21-19-29)31-12-8-17-35(23-31)48(43,44)39-22-10-11-28(26-39)25-37(3,46-32-13-6-5-7-14-32)36(40)38-47(41,42)34-16-9-15-33(24-34)45-4/h5-9,12-21,23-24,27-28H,10-11,22,25-26H2,1-4H3,(H,38,40). The van der Waals surface area contributed by atoms with Gasteiger partial charge in [-0.05, 0) is 84.7 Å².